The van der Waals surface area contributed by atoms with Crippen molar-refractivity contribution in [2.75, 3.05) is 18.1 Å². The molecule has 7 heteroatoms. The maximum atomic E-state index is 13.1. The van der Waals surface area contributed by atoms with E-state index in [0.717, 1.165) is 22.9 Å². The second-order valence-electron chi connectivity index (χ2n) is 6.09. The Morgan fingerprint density at radius 1 is 1.07 bits per heavy atom. The Kier molecular flexibility index (Phi) is 6.28. The Morgan fingerprint density at radius 3 is 2.33 bits per heavy atom. The monoisotopic (exact) mass is 370 g/mol. The third-order valence-corrected chi connectivity index (χ3v) is 4.10. The van der Waals surface area contributed by atoms with Crippen LogP contribution < -0.4 is 4.90 Å². The predicted molar refractivity (Wildman–Crippen MR) is 102 cm³/mol. The number of esters is 1. The summed E-state index contributed by atoms with van der Waals surface area (Å²) in [6.07, 6.45) is 0. The molecule has 0 fully saturated rings. The molecule has 0 saturated carbocycles. The third kappa shape index (κ3) is 4.49. The lowest BCUT2D eigenvalue weighted by Crippen LogP contribution is -2.31. The first-order valence-electron chi connectivity index (χ1n) is 8.64. The van der Waals surface area contributed by atoms with Gasteiger partial charge in [0, 0.05) is 29.9 Å². The minimum Gasteiger partial charge on any atom is -0.462 e. The van der Waals surface area contributed by atoms with Crippen LogP contribution >= 0.6 is 0 Å². The van der Waals surface area contributed by atoms with Gasteiger partial charge in [0.15, 0.2) is 0 Å². The van der Waals surface area contributed by atoms with E-state index in [4.69, 9.17) is 4.74 Å². The van der Waals surface area contributed by atoms with Crippen LogP contribution in [-0.2, 0) is 4.74 Å². The number of amides is 1. The zero-order valence-electron chi connectivity index (χ0n) is 15.8. The van der Waals surface area contributed by atoms with E-state index in [2.05, 4.69) is 0 Å². The van der Waals surface area contributed by atoms with E-state index in [-0.39, 0.29) is 23.4 Å². The fourth-order valence-electron chi connectivity index (χ4n) is 2.76. The predicted octanol–water partition coefficient (Wildman–Crippen LogP) is 4.06. The molecule has 0 bridgehead atoms. The Hall–Kier alpha value is -3.22. The number of non-ortho nitro benzene ring substituents is 1. The van der Waals surface area contributed by atoms with Crippen LogP contribution in [0.5, 0.6) is 0 Å². The molecule has 142 valence electrons. The number of aryl methyl sites for hydroxylation is 2. The second kappa shape index (κ2) is 8.44. The molecule has 0 unspecified atom stereocenters. The molecule has 0 aliphatic heterocycles. The highest BCUT2D eigenvalue weighted by molar-refractivity contribution is 6.08. The number of nitrogens with zero attached hydrogens (tertiary/aromatic N) is 2. The summed E-state index contributed by atoms with van der Waals surface area (Å²) in [6, 6.07) is 9.38. The number of rotatable bonds is 6. The highest BCUT2D eigenvalue weighted by Crippen LogP contribution is 2.25. The molecule has 1 amide bonds. The molecule has 2 aromatic carbocycles. The van der Waals surface area contributed by atoms with Crippen molar-refractivity contribution < 1.29 is 19.2 Å². The van der Waals surface area contributed by atoms with Gasteiger partial charge in [-0.1, -0.05) is 12.1 Å². The van der Waals surface area contributed by atoms with E-state index in [1.165, 1.54) is 17.0 Å². The third-order valence-electron chi connectivity index (χ3n) is 4.10. The molecule has 0 aliphatic carbocycles. The van der Waals surface area contributed by atoms with Crippen molar-refractivity contribution in [3.63, 3.8) is 0 Å². The zero-order chi connectivity index (χ0) is 20.1. The molecule has 0 atom stereocenters. The fraction of sp³-hybridized carbons (Fsp3) is 0.300. The Labute approximate surface area is 157 Å². The van der Waals surface area contributed by atoms with Crippen LogP contribution in [0.25, 0.3) is 0 Å². The van der Waals surface area contributed by atoms with Crippen molar-refractivity contribution in [1.29, 1.82) is 0 Å². The second-order valence-corrected chi connectivity index (χ2v) is 6.09. The minimum atomic E-state index is -0.704. The van der Waals surface area contributed by atoms with Gasteiger partial charge in [-0.05, 0) is 51.0 Å². The first-order chi connectivity index (χ1) is 12.8. The highest BCUT2D eigenvalue weighted by Gasteiger charge is 2.23. The number of hydrogen-bond acceptors (Lipinski definition) is 5. The van der Waals surface area contributed by atoms with Gasteiger partial charge >= 0.3 is 5.97 Å². The molecule has 0 aliphatic rings. The van der Waals surface area contributed by atoms with Crippen molar-refractivity contribution in [2.45, 2.75) is 27.7 Å². The largest absolute Gasteiger partial charge is 0.462 e. The topological polar surface area (TPSA) is 89.8 Å². The highest BCUT2D eigenvalue weighted by atomic mass is 16.6. The molecule has 0 aromatic heterocycles. The number of nitro benzene ring substituents is 1. The van der Waals surface area contributed by atoms with E-state index in [1.807, 2.05) is 39.0 Å². The van der Waals surface area contributed by atoms with Crippen LogP contribution in [-0.4, -0.2) is 30.0 Å². The van der Waals surface area contributed by atoms with Crippen molar-refractivity contribution in [3.8, 4) is 0 Å². The van der Waals surface area contributed by atoms with Crippen molar-refractivity contribution in [1.82, 2.24) is 0 Å². The first kappa shape index (κ1) is 20.1. The van der Waals surface area contributed by atoms with E-state index < -0.39 is 16.8 Å². The standard InChI is InChI=1S/C20H22N2O5/c1-5-21(18-9-13(3)7-8-14(18)4)19(23)15-10-16(20(24)27-6-2)12-17(11-15)22(25)26/h7-12H,5-6H2,1-4H3. The van der Waals surface area contributed by atoms with Gasteiger partial charge in [-0.15, -0.1) is 0 Å². The summed E-state index contributed by atoms with van der Waals surface area (Å²) in [4.78, 5) is 37.3. The molecule has 0 spiro atoms. The van der Waals surface area contributed by atoms with Gasteiger partial charge in [0.1, 0.15) is 0 Å². The number of carbonyl (C=O) groups is 2. The maximum Gasteiger partial charge on any atom is 0.338 e. The number of nitro groups is 1. The summed E-state index contributed by atoms with van der Waals surface area (Å²) < 4.78 is 4.92. The number of carbonyl (C=O) groups excluding carboxylic acids is 2. The molecule has 0 radical (unpaired) electrons. The Bertz CT molecular complexity index is 892. The van der Waals surface area contributed by atoms with Crippen LogP contribution in [0.15, 0.2) is 36.4 Å². The molecular weight excluding hydrogens is 348 g/mol. The molecule has 2 rings (SSSR count). The molecule has 0 saturated heterocycles. The summed E-state index contributed by atoms with van der Waals surface area (Å²) in [7, 11) is 0. The summed E-state index contributed by atoms with van der Waals surface area (Å²) in [5, 5.41) is 11.2. The van der Waals surface area contributed by atoms with Crippen LogP contribution in [0.1, 0.15) is 45.7 Å². The van der Waals surface area contributed by atoms with Gasteiger partial charge in [-0.25, -0.2) is 4.79 Å². The van der Waals surface area contributed by atoms with Crippen LogP contribution in [0.2, 0.25) is 0 Å². The smallest absolute Gasteiger partial charge is 0.338 e. The lowest BCUT2D eigenvalue weighted by atomic mass is 10.1. The number of hydrogen-bond donors (Lipinski definition) is 0. The van der Waals surface area contributed by atoms with Gasteiger partial charge < -0.3 is 9.64 Å². The van der Waals surface area contributed by atoms with Crippen LogP contribution in [0, 0.1) is 24.0 Å². The molecule has 27 heavy (non-hydrogen) atoms. The van der Waals surface area contributed by atoms with Crippen molar-refractivity contribution in [2.24, 2.45) is 0 Å². The maximum absolute atomic E-state index is 13.1. The molecule has 7 nitrogen and oxygen atoms in total. The van der Waals surface area contributed by atoms with E-state index in [9.17, 15) is 19.7 Å². The normalized spacial score (nSPS) is 10.4. The molecule has 0 heterocycles. The minimum absolute atomic E-state index is 0.0218. The molecular formula is C20H22N2O5. The first-order valence-corrected chi connectivity index (χ1v) is 8.64. The lowest BCUT2D eigenvalue weighted by molar-refractivity contribution is -0.384. The average molecular weight is 370 g/mol. The number of benzene rings is 2. The van der Waals surface area contributed by atoms with Crippen LogP contribution in [0.4, 0.5) is 11.4 Å². The van der Waals surface area contributed by atoms with Gasteiger partial charge in [0.25, 0.3) is 11.6 Å². The Balaban J connectivity index is 2.53. The summed E-state index contributed by atoms with van der Waals surface area (Å²) in [5.74, 6) is -1.12. The summed E-state index contributed by atoms with van der Waals surface area (Å²) in [5.41, 5.74) is 2.34. The number of anilines is 1. The summed E-state index contributed by atoms with van der Waals surface area (Å²) in [6.45, 7) is 7.79. The fourth-order valence-corrected chi connectivity index (χ4v) is 2.76. The van der Waals surface area contributed by atoms with Crippen molar-refractivity contribution in [3.05, 3.63) is 68.8 Å². The van der Waals surface area contributed by atoms with E-state index in [0.29, 0.717) is 6.54 Å². The van der Waals surface area contributed by atoms with Gasteiger partial charge in [0.05, 0.1) is 17.1 Å². The summed E-state index contributed by atoms with van der Waals surface area (Å²) >= 11 is 0. The van der Waals surface area contributed by atoms with Gasteiger partial charge in [-0.2, -0.15) is 0 Å². The zero-order valence-corrected chi connectivity index (χ0v) is 15.8. The molecule has 2 aromatic rings. The van der Waals surface area contributed by atoms with Gasteiger partial charge in [-0.3, -0.25) is 14.9 Å². The Morgan fingerprint density at radius 2 is 1.74 bits per heavy atom. The SMILES string of the molecule is CCOC(=O)c1cc(C(=O)N(CC)c2cc(C)ccc2C)cc([N+](=O)[O-])c1. The molecule has 0 N–H and O–H groups in total. The number of ether oxygens (including phenoxy) is 1. The quantitative estimate of drug-likeness (QED) is 0.435. The van der Waals surface area contributed by atoms with E-state index >= 15 is 0 Å². The van der Waals surface area contributed by atoms with Crippen LogP contribution in [0.3, 0.4) is 0 Å². The van der Waals surface area contributed by atoms with Crippen molar-refractivity contribution >= 4 is 23.3 Å². The van der Waals surface area contributed by atoms with Gasteiger partial charge in [0.2, 0.25) is 0 Å². The average Bonchev–Trinajstić information content (AvgIpc) is 2.64. The van der Waals surface area contributed by atoms with E-state index in [1.54, 1.807) is 6.92 Å². The lowest BCUT2D eigenvalue weighted by Gasteiger charge is -2.23.